The van der Waals surface area contributed by atoms with Gasteiger partial charge in [-0.2, -0.15) is 0 Å². The third kappa shape index (κ3) is 3.46. The minimum Gasteiger partial charge on any atom is -0.393 e. The number of rotatable bonds is 5. The normalized spacial score (nSPS) is 24.5. The highest BCUT2D eigenvalue weighted by molar-refractivity contribution is 5.78. The summed E-state index contributed by atoms with van der Waals surface area (Å²) in [5.41, 5.74) is 5.43. The topological polar surface area (TPSA) is 66.6 Å². The summed E-state index contributed by atoms with van der Waals surface area (Å²) in [5.74, 6) is 0.540. The van der Waals surface area contributed by atoms with Gasteiger partial charge in [-0.15, -0.1) is 0 Å². The van der Waals surface area contributed by atoms with E-state index in [-0.39, 0.29) is 23.8 Å². The summed E-state index contributed by atoms with van der Waals surface area (Å²) in [5, 5.41) is 9.48. The molecule has 1 fully saturated rings. The Bertz CT molecular complexity index is 231. The van der Waals surface area contributed by atoms with Crippen LogP contribution < -0.4 is 5.73 Å². The van der Waals surface area contributed by atoms with E-state index in [1.165, 1.54) is 0 Å². The monoisotopic (exact) mass is 228 g/mol. The van der Waals surface area contributed by atoms with Crippen LogP contribution in [0.25, 0.3) is 0 Å². The number of carbonyl (C=O) groups excluding carboxylic acids is 1. The zero-order chi connectivity index (χ0) is 12.1. The van der Waals surface area contributed by atoms with Crippen LogP contribution in [0.5, 0.6) is 0 Å². The first-order chi connectivity index (χ1) is 7.56. The van der Waals surface area contributed by atoms with Crippen molar-refractivity contribution in [3.05, 3.63) is 0 Å². The molecule has 1 rings (SSSR count). The number of aliphatic hydroxyl groups excluding tert-OH is 1. The second-order valence-corrected chi connectivity index (χ2v) is 4.91. The van der Waals surface area contributed by atoms with Crippen molar-refractivity contribution >= 4 is 5.91 Å². The quantitative estimate of drug-likeness (QED) is 0.724. The highest BCUT2D eigenvalue weighted by Gasteiger charge is 2.30. The summed E-state index contributed by atoms with van der Waals surface area (Å²) < 4.78 is 0. The van der Waals surface area contributed by atoms with Gasteiger partial charge in [0.1, 0.15) is 0 Å². The van der Waals surface area contributed by atoms with Crippen LogP contribution in [-0.2, 0) is 4.79 Å². The van der Waals surface area contributed by atoms with Gasteiger partial charge in [0.2, 0.25) is 5.91 Å². The van der Waals surface area contributed by atoms with Crippen LogP contribution in [0.2, 0.25) is 0 Å². The Labute approximate surface area is 97.8 Å². The van der Waals surface area contributed by atoms with Gasteiger partial charge >= 0.3 is 0 Å². The van der Waals surface area contributed by atoms with Crippen LogP contribution in [-0.4, -0.2) is 41.7 Å². The van der Waals surface area contributed by atoms with Gasteiger partial charge < -0.3 is 15.7 Å². The van der Waals surface area contributed by atoms with E-state index < -0.39 is 0 Å². The van der Waals surface area contributed by atoms with Gasteiger partial charge in [-0.05, 0) is 32.7 Å². The maximum Gasteiger partial charge on any atom is 0.225 e. The molecule has 94 valence electrons. The van der Waals surface area contributed by atoms with Gasteiger partial charge in [-0.25, -0.2) is 0 Å². The molecular formula is C12H24N2O2. The molecule has 0 bridgehead atoms. The molecule has 3 unspecified atom stereocenters. The SMILES string of the molecule is CC(CCCN)C(=O)N1CCC(C(C)O)C1. The molecular weight excluding hydrogens is 204 g/mol. The second-order valence-electron chi connectivity index (χ2n) is 4.91. The van der Waals surface area contributed by atoms with Crippen LogP contribution in [0.3, 0.4) is 0 Å². The summed E-state index contributed by atoms with van der Waals surface area (Å²) >= 11 is 0. The molecule has 0 aliphatic carbocycles. The van der Waals surface area contributed by atoms with E-state index in [0.29, 0.717) is 13.1 Å². The molecule has 1 aliphatic rings. The van der Waals surface area contributed by atoms with Crippen LogP contribution >= 0.6 is 0 Å². The van der Waals surface area contributed by atoms with Crippen LogP contribution in [0, 0.1) is 11.8 Å². The number of hydrogen-bond donors (Lipinski definition) is 2. The predicted octanol–water partition coefficient (Wildman–Crippen LogP) is 0.591. The Kier molecular flexibility index (Phi) is 5.22. The number of amides is 1. The van der Waals surface area contributed by atoms with Crippen molar-refractivity contribution in [3.63, 3.8) is 0 Å². The molecule has 0 saturated carbocycles. The van der Waals surface area contributed by atoms with Gasteiger partial charge in [-0.3, -0.25) is 4.79 Å². The van der Waals surface area contributed by atoms with E-state index in [0.717, 1.165) is 25.8 Å². The molecule has 16 heavy (non-hydrogen) atoms. The molecule has 3 atom stereocenters. The average molecular weight is 228 g/mol. The smallest absolute Gasteiger partial charge is 0.225 e. The van der Waals surface area contributed by atoms with Gasteiger partial charge in [-0.1, -0.05) is 6.92 Å². The second kappa shape index (κ2) is 6.21. The summed E-state index contributed by atoms with van der Waals surface area (Å²) in [6, 6.07) is 0. The van der Waals surface area contributed by atoms with E-state index in [2.05, 4.69) is 0 Å². The van der Waals surface area contributed by atoms with Gasteiger partial charge in [0.25, 0.3) is 0 Å². The highest BCUT2D eigenvalue weighted by Crippen LogP contribution is 2.22. The van der Waals surface area contributed by atoms with Crippen molar-refractivity contribution in [2.45, 2.75) is 39.2 Å². The number of nitrogens with two attached hydrogens (primary N) is 1. The first-order valence-corrected chi connectivity index (χ1v) is 6.23. The summed E-state index contributed by atoms with van der Waals surface area (Å²) in [7, 11) is 0. The van der Waals surface area contributed by atoms with E-state index in [1.54, 1.807) is 6.92 Å². The number of nitrogens with zero attached hydrogens (tertiary/aromatic N) is 1. The van der Waals surface area contributed by atoms with E-state index in [1.807, 2.05) is 11.8 Å². The lowest BCUT2D eigenvalue weighted by Gasteiger charge is -2.21. The van der Waals surface area contributed by atoms with Crippen molar-refractivity contribution in [1.82, 2.24) is 4.90 Å². The zero-order valence-electron chi connectivity index (χ0n) is 10.4. The van der Waals surface area contributed by atoms with Crippen molar-refractivity contribution in [2.75, 3.05) is 19.6 Å². The molecule has 0 radical (unpaired) electrons. The van der Waals surface area contributed by atoms with Gasteiger partial charge in [0, 0.05) is 24.9 Å². The van der Waals surface area contributed by atoms with E-state index in [9.17, 15) is 9.90 Å². The van der Waals surface area contributed by atoms with Crippen molar-refractivity contribution in [1.29, 1.82) is 0 Å². The Hall–Kier alpha value is -0.610. The van der Waals surface area contributed by atoms with Crippen LogP contribution in [0.4, 0.5) is 0 Å². The molecule has 1 heterocycles. The van der Waals surface area contributed by atoms with Crippen LogP contribution in [0.15, 0.2) is 0 Å². The third-order valence-corrected chi connectivity index (χ3v) is 3.48. The summed E-state index contributed by atoms with van der Waals surface area (Å²) in [4.78, 5) is 13.9. The van der Waals surface area contributed by atoms with Gasteiger partial charge in [0.05, 0.1) is 6.10 Å². The first-order valence-electron chi connectivity index (χ1n) is 6.23. The standard InChI is InChI=1S/C12H24N2O2/c1-9(4-3-6-13)12(16)14-7-5-11(8-14)10(2)15/h9-11,15H,3-8,13H2,1-2H3. The minimum absolute atomic E-state index is 0.0660. The lowest BCUT2D eigenvalue weighted by atomic mass is 10.0. The largest absolute Gasteiger partial charge is 0.393 e. The Morgan fingerprint density at radius 3 is 2.75 bits per heavy atom. The highest BCUT2D eigenvalue weighted by atomic mass is 16.3. The molecule has 0 aromatic carbocycles. The zero-order valence-corrected chi connectivity index (χ0v) is 10.4. The van der Waals surface area contributed by atoms with Crippen molar-refractivity contribution in [3.8, 4) is 0 Å². The minimum atomic E-state index is -0.308. The fourth-order valence-corrected chi connectivity index (χ4v) is 2.24. The Morgan fingerprint density at radius 2 is 2.25 bits per heavy atom. The molecule has 4 nitrogen and oxygen atoms in total. The number of carbonyl (C=O) groups is 1. The first kappa shape index (κ1) is 13.5. The maximum absolute atomic E-state index is 12.0. The molecule has 0 aromatic heterocycles. The average Bonchev–Trinajstić information content (AvgIpc) is 2.74. The molecule has 1 saturated heterocycles. The van der Waals surface area contributed by atoms with Gasteiger partial charge in [0.15, 0.2) is 0 Å². The van der Waals surface area contributed by atoms with Crippen molar-refractivity contribution < 1.29 is 9.90 Å². The molecule has 3 N–H and O–H groups in total. The van der Waals surface area contributed by atoms with Crippen molar-refractivity contribution in [2.24, 2.45) is 17.6 Å². The molecule has 0 aromatic rings. The lowest BCUT2D eigenvalue weighted by molar-refractivity contribution is -0.134. The van der Waals surface area contributed by atoms with E-state index >= 15 is 0 Å². The summed E-state index contributed by atoms with van der Waals surface area (Å²) in [6.45, 7) is 5.92. The molecule has 0 spiro atoms. The summed E-state index contributed by atoms with van der Waals surface area (Å²) in [6.07, 6.45) is 2.39. The molecule has 1 aliphatic heterocycles. The lowest BCUT2D eigenvalue weighted by Crippen LogP contribution is -2.34. The number of aliphatic hydroxyl groups is 1. The fourth-order valence-electron chi connectivity index (χ4n) is 2.24. The molecule has 4 heteroatoms. The Balaban J connectivity index is 2.38. The molecule has 1 amide bonds. The fraction of sp³-hybridized carbons (Fsp3) is 0.917. The van der Waals surface area contributed by atoms with E-state index in [4.69, 9.17) is 5.73 Å². The third-order valence-electron chi connectivity index (χ3n) is 3.48. The number of hydrogen-bond acceptors (Lipinski definition) is 3. The predicted molar refractivity (Wildman–Crippen MR) is 63.8 cm³/mol. The number of likely N-dealkylation sites (tertiary alicyclic amines) is 1. The Morgan fingerprint density at radius 1 is 1.56 bits per heavy atom. The maximum atomic E-state index is 12.0. The van der Waals surface area contributed by atoms with Crippen LogP contribution in [0.1, 0.15) is 33.1 Å².